The fraction of sp³-hybridized carbons (Fsp3) is 0.490. The first kappa shape index (κ1) is 49.1. The van der Waals surface area contributed by atoms with Gasteiger partial charge in [-0.15, -0.1) is 0 Å². The van der Waals surface area contributed by atoms with Crippen molar-refractivity contribution in [1.29, 1.82) is 0 Å². The lowest BCUT2D eigenvalue weighted by atomic mass is 9.44. The molecule has 12 atom stereocenters. The number of ether oxygens (including phenoxy) is 6. The summed E-state index contributed by atoms with van der Waals surface area (Å²) in [6, 6.07) is 23.2. The molecule has 67 heavy (non-hydrogen) atoms. The predicted octanol–water partition coefficient (Wildman–Crippen LogP) is 4.53. The minimum absolute atomic E-state index is 0.00274. The summed E-state index contributed by atoms with van der Waals surface area (Å²) in [7, 11) is 0. The van der Waals surface area contributed by atoms with Gasteiger partial charge in [0, 0.05) is 49.5 Å². The van der Waals surface area contributed by atoms with Gasteiger partial charge in [0.05, 0.1) is 36.8 Å². The third-order valence-electron chi connectivity index (χ3n) is 14.5. The van der Waals surface area contributed by atoms with Crippen molar-refractivity contribution < 1.29 is 72.5 Å². The first-order valence-corrected chi connectivity index (χ1v) is 22.4. The number of benzene rings is 3. The molecule has 16 heteroatoms. The minimum atomic E-state index is -2.36. The van der Waals surface area contributed by atoms with E-state index in [1.54, 1.807) is 107 Å². The maximum absolute atomic E-state index is 14.5. The standard InChI is InChI=1S/C51H59NO15/c1-28(53)23-24-62-36-25-37-50(27-63-37,67-31(4)55)42-44(66-46(59)34-21-15-10-16-22-34)51(61)26-35(29(2)38(48(51,5)6)41(64-30(3)54)43(57)49(36,42)7)65-47(60)40(56)39(32-17-11-8-12-18-32)52-45(58)33-19-13-9-14-20-33/h8-22,35-37,39-44,56-57,61H,23-27H2,1-7H3,(H,52,58)/t35-,36-,37+,39-,40+,41+,42-,43-,44-,49+,50-,51+/m0/s1. The number of carbonyl (C=O) groups excluding carboxylic acids is 6. The van der Waals surface area contributed by atoms with Crippen molar-refractivity contribution in [3.8, 4) is 0 Å². The van der Waals surface area contributed by atoms with Crippen molar-refractivity contribution in [1.82, 2.24) is 5.32 Å². The highest BCUT2D eigenvalue weighted by Crippen LogP contribution is 2.66. The summed E-state index contributed by atoms with van der Waals surface area (Å²) in [4.78, 5) is 81.2. The lowest BCUT2D eigenvalue weighted by Crippen LogP contribution is -2.82. The average molecular weight is 926 g/mol. The summed E-state index contributed by atoms with van der Waals surface area (Å²) in [5.41, 5.74) is -6.35. The summed E-state index contributed by atoms with van der Waals surface area (Å²) in [5, 5.41) is 41.8. The van der Waals surface area contributed by atoms with Crippen molar-refractivity contribution >= 4 is 35.6 Å². The van der Waals surface area contributed by atoms with Crippen molar-refractivity contribution in [2.75, 3.05) is 13.2 Å². The molecule has 0 spiro atoms. The van der Waals surface area contributed by atoms with Gasteiger partial charge in [-0.2, -0.15) is 0 Å². The van der Waals surface area contributed by atoms with E-state index in [0.29, 0.717) is 5.56 Å². The van der Waals surface area contributed by atoms with Gasteiger partial charge in [0.1, 0.15) is 35.8 Å². The molecule has 2 bridgehead atoms. The van der Waals surface area contributed by atoms with E-state index in [9.17, 15) is 44.1 Å². The van der Waals surface area contributed by atoms with Crippen LogP contribution in [0.1, 0.15) is 100 Å². The number of esters is 4. The maximum atomic E-state index is 14.5. The van der Waals surface area contributed by atoms with Crippen LogP contribution in [0.2, 0.25) is 0 Å². The number of nitrogens with one attached hydrogen (secondary N) is 1. The zero-order chi connectivity index (χ0) is 48.6. The first-order valence-electron chi connectivity index (χ1n) is 22.4. The molecular weight excluding hydrogens is 867 g/mol. The Morgan fingerprint density at radius 1 is 0.821 bits per heavy atom. The van der Waals surface area contributed by atoms with Crippen LogP contribution in [-0.4, -0.2) is 118 Å². The van der Waals surface area contributed by atoms with Crippen molar-refractivity contribution in [2.24, 2.45) is 16.7 Å². The Bertz CT molecular complexity index is 2390. The largest absolute Gasteiger partial charge is 0.456 e. The summed E-state index contributed by atoms with van der Waals surface area (Å²) in [6.07, 6.45) is -11.2. The number of hydrogen-bond donors (Lipinski definition) is 4. The molecule has 1 amide bonds. The van der Waals surface area contributed by atoms with Gasteiger partial charge >= 0.3 is 23.9 Å². The summed E-state index contributed by atoms with van der Waals surface area (Å²) in [6.45, 7) is 9.81. The molecule has 3 aromatic rings. The smallest absolute Gasteiger partial charge is 0.338 e. The fourth-order valence-electron chi connectivity index (χ4n) is 11.0. The van der Waals surface area contributed by atoms with Gasteiger partial charge in [0.2, 0.25) is 0 Å². The number of fused-ring (bicyclic) bond motifs is 5. The van der Waals surface area contributed by atoms with E-state index < -0.39 is 113 Å². The Morgan fingerprint density at radius 3 is 1.97 bits per heavy atom. The third kappa shape index (κ3) is 8.93. The molecule has 4 N–H and O–H groups in total. The number of aliphatic hydroxyl groups excluding tert-OH is 2. The number of hydrogen-bond acceptors (Lipinski definition) is 15. The van der Waals surface area contributed by atoms with Crippen molar-refractivity contribution in [2.45, 2.75) is 128 Å². The highest BCUT2D eigenvalue weighted by atomic mass is 16.6. The Hall–Kier alpha value is -5.78. The first-order chi connectivity index (χ1) is 31.7. The van der Waals surface area contributed by atoms with Crippen LogP contribution < -0.4 is 5.32 Å². The van der Waals surface area contributed by atoms with Crippen LogP contribution in [0.25, 0.3) is 0 Å². The van der Waals surface area contributed by atoms with E-state index in [0.717, 1.165) is 6.92 Å². The quantitative estimate of drug-likeness (QED) is 0.0989. The SMILES string of the molecule is CC(=O)CCO[C@H]1C[C@H]2OC[C@@]2(OC(C)=O)[C@H]2[C@H](OC(=O)c3ccccc3)[C@]3(O)C[C@H](OC(=O)[C@H](O)[C@@H](NC(=O)c4ccccc4)c4ccccc4)C(C)=C([C@@H](OC(C)=O)[C@H](O)[C@]12C)C3(C)C. The van der Waals surface area contributed by atoms with Crippen LogP contribution in [-0.2, 0) is 47.6 Å². The molecule has 16 nitrogen and oxygen atoms in total. The highest BCUT2D eigenvalue weighted by molar-refractivity contribution is 5.95. The number of amides is 1. The number of ketones is 1. The van der Waals surface area contributed by atoms with Gasteiger partial charge in [-0.25, -0.2) is 9.59 Å². The van der Waals surface area contributed by atoms with E-state index in [1.807, 2.05) is 0 Å². The zero-order valence-corrected chi connectivity index (χ0v) is 38.6. The monoisotopic (exact) mass is 925 g/mol. The predicted molar refractivity (Wildman–Crippen MR) is 238 cm³/mol. The van der Waals surface area contributed by atoms with Gasteiger partial charge in [0.15, 0.2) is 17.8 Å². The second-order valence-corrected chi connectivity index (χ2v) is 18.9. The molecule has 1 heterocycles. The molecule has 358 valence electrons. The topological polar surface area (TPSA) is 231 Å². The normalized spacial score (nSPS) is 31.4. The molecule has 2 saturated carbocycles. The number of carbonyl (C=O) groups is 6. The average Bonchev–Trinajstić information content (AvgIpc) is 3.28. The molecule has 3 aromatic carbocycles. The number of Topliss-reactive ketones (excluding diaryl/α,β-unsaturated/α-hetero) is 1. The van der Waals surface area contributed by atoms with Crippen LogP contribution in [0.3, 0.4) is 0 Å². The molecule has 4 aliphatic rings. The summed E-state index contributed by atoms with van der Waals surface area (Å²) in [5.74, 6) is -5.85. The third-order valence-corrected chi connectivity index (χ3v) is 14.5. The summed E-state index contributed by atoms with van der Waals surface area (Å²) >= 11 is 0. The van der Waals surface area contributed by atoms with Gasteiger partial charge in [0.25, 0.3) is 5.91 Å². The highest BCUT2D eigenvalue weighted by Gasteiger charge is 2.78. The van der Waals surface area contributed by atoms with E-state index in [1.165, 1.54) is 26.0 Å². The molecule has 7 rings (SSSR count). The number of rotatable bonds is 14. The molecule has 0 unspecified atom stereocenters. The van der Waals surface area contributed by atoms with Gasteiger partial charge < -0.3 is 49.1 Å². The molecule has 0 aromatic heterocycles. The lowest BCUT2D eigenvalue weighted by molar-refractivity contribution is -0.368. The van der Waals surface area contributed by atoms with E-state index in [4.69, 9.17) is 28.4 Å². The molecule has 3 fully saturated rings. The van der Waals surface area contributed by atoms with E-state index in [2.05, 4.69) is 5.32 Å². The van der Waals surface area contributed by atoms with Gasteiger partial charge in [-0.05, 0) is 54.8 Å². The molecule has 0 radical (unpaired) electrons. The maximum Gasteiger partial charge on any atom is 0.338 e. The Morgan fingerprint density at radius 2 is 1.42 bits per heavy atom. The Labute approximate surface area is 388 Å². The number of aliphatic hydroxyl groups is 3. The van der Waals surface area contributed by atoms with Crippen molar-refractivity contribution in [3.63, 3.8) is 0 Å². The van der Waals surface area contributed by atoms with Gasteiger partial charge in [-0.3, -0.25) is 19.2 Å². The van der Waals surface area contributed by atoms with Crippen molar-refractivity contribution in [3.05, 3.63) is 119 Å². The Kier molecular flexibility index (Phi) is 14.0. The van der Waals surface area contributed by atoms with Crippen LogP contribution in [0, 0.1) is 16.7 Å². The summed E-state index contributed by atoms with van der Waals surface area (Å²) < 4.78 is 37.7. The minimum Gasteiger partial charge on any atom is -0.456 e. The Balaban J connectivity index is 1.41. The van der Waals surface area contributed by atoms with E-state index >= 15 is 0 Å². The molecule has 1 saturated heterocycles. The van der Waals surface area contributed by atoms with Gasteiger partial charge in [-0.1, -0.05) is 87.5 Å². The fourth-order valence-corrected chi connectivity index (χ4v) is 11.0. The van der Waals surface area contributed by atoms with E-state index in [-0.39, 0.29) is 54.1 Å². The molecule has 1 aliphatic heterocycles. The molecule has 3 aliphatic carbocycles. The van der Waals surface area contributed by atoms with Crippen LogP contribution in [0.5, 0.6) is 0 Å². The second kappa shape index (κ2) is 19.1. The zero-order valence-electron chi connectivity index (χ0n) is 38.6. The van der Waals surface area contributed by atoms with Crippen LogP contribution in [0.15, 0.2) is 102 Å². The lowest BCUT2D eigenvalue weighted by Gasteiger charge is -2.69. The van der Waals surface area contributed by atoms with Crippen LogP contribution >= 0.6 is 0 Å². The molecular formula is C51H59NO15. The second-order valence-electron chi connectivity index (χ2n) is 18.9. The van der Waals surface area contributed by atoms with Crippen LogP contribution in [0.4, 0.5) is 0 Å².